The molecule has 14 atom stereocenters. The number of carbonyl (C=O) groups is 3. The summed E-state index contributed by atoms with van der Waals surface area (Å²) >= 11 is 0. The maximum Gasteiger partial charge on any atom is 0.339 e. The number of cyclic esters (lactones) is 2. The summed E-state index contributed by atoms with van der Waals surface area (Å²) in [6, 6.07) is 13.1. The van der Waals surface area contributed by atoms with Gasteiger partial charge in [0.1, 0.15) is 30.2 Å². The molecule has 3 saturated carbocycles. The zero-order valence-corrected chi connectivity index (χ0v) is 37.5. The van der Waals surface area contributed by atoms with Crippen LogP contribution in [0.3, 0.4) is 0 Å². The number of aliphatic hydroxyl groups excluding tert-OH is 1. The van der Waals surface area contributed by atoms with Crippen molar-refractivity contribution in [2.45, 2.75) is 172 Å². The van der Waals surface area contributed by atoms with Gasteiger partial charge in [0.25, 0.3) is 0 Å². The van der Waals surface area contributed by atoms with Crippen LogP contribution >= 0.6 is 0 Å². The van der Waals surface area contributed by atoms with Crippen molar-refractivity contribution in [1.29, 1.82) is 0 Å². The fraction of sp³-hybridized carbons (Fsp3) is 0.745. The highest BCUT2D eigenvalue weighted by Gasteiger charge is 2.93. The fourth-order valence-electron chi connectivity index (χ4n) is 15.5. The number of Topliss-reactive ketones (excluding diaryl/α,β-unsaturated/α-hetero) is 1. The summed E-state index contributed by atoms with van der Waals surface area (Å²) in [6.07, 6.45) is 11.8. The van der Waals surface area contributed by atoms with Crippen LogP contribution in [0.2, 0.25) is 0 Å². The zero-order valence-electron chi connectivity index (χ0n) is 37.5. The average molecular weight is 855 g/mol. The zero-order chi connectivity index (χ0) is 43.1. The molecule has 5 saturated heterocycles. The van der Waals surface area contributed by atoms with Gasteiger partial charge in [-0.25, -0.2) is 4.79 Å². The van der Waals surface area contributed by atoms with Crippen LogP contribution < -0.4 is 10.6 Å². The summed E-state index contributed by atoms with van der Waals surface area (Å²) in [6.45, 7) is 10.6. The molecule has 6 heterocycles. The number of fused-ring (bicyclic) bond motifs is 1. The van der Waals surface area contributed by atoms with Gasteiger partial charge in [-0.3, -0.25) is 9.59 Å². The molecule has 3 aliphatic carbocycles. The number of ether oxygens (including phenoxy) is 4. The van der Waals surface area contributed by atoms with Crippen molar-refractivity contribution in [3.8, 4) is 0 Å². The molecule has 338 valence electrons. The Morgan fingerprint density at radius 2 is 1.77 bits per heavy atom. The molecular formula is C51H70N2O9. The Hall–Kier alpha value is -3.09. The van der Waals surface area contributed by atoms with E-state index < -0.39 is 63.8 Å². The van der Waals surface area contributed by atoms with Gasteiger partial charge in [0, 0.05) is 47.5 Å². The van der Waals surface area contributed by atoms with Crippen molar-refractivity contribution in [3.63, 3.8) is 0 Å². The van der Waals surface area contributed by atoms with Gasteiger partial charge in [-0.15, -0.1) is 0 Å². The van der Waals surface area contributed by atoms with Crippen LogP contribution in [0, 0.1) is 45.8 Å². The van der Waals surface area contributed by atoms with E-state index in [2.05, 4.69) is 55.7 Å². The van der Waals surface area contributed by atoms with Gasteiger partial charge in [-0.1, -0.05) is 83.2 Å². The maximum absolute atomic E-state index is 15.9. The topological polar surface area (TPSA) is 149 Å². The van der Waals surface area contributed by atoms with Gasteiger partial charge in [0.05, 0.1) is 30.3 Å². The maximum atomic E-state index is 15.9. The third-order valence-electron chi connectivity index (χ3n) is 18.0. The van der Waals surface area contributed by atoms with Crippen molar-refractivity contribution in [2.24, 2.45) is 45.8 Å². The Kier molecular flexibility index (Phi) is 11.1. The lowest BCUT2D eigenvalue weighted by Gasteiger charge is -2.70. The molecule has 0 radical (unpaired) electrons. The molecule has 0 unspecified atom stereocenters. The SMILES string of the molecule is CC(C)CC[C@]1(C)O[C@H]2CC(=O)OC[C@]23[C@H]2CC[C@@]4(C)[C@H](c5ccoc5CCCCCC[C@@H]5CNCN5)OC(=O)[C@H]5O[C@]54[C@]2([C@H]2CCC[C@H](Cc4ccccc4)C2)[C@H](O)C(=O)[C@@H]31. The average Bonchev–Trinajstić information content (AvgIpc) is 3.50. The summed E-state index contributed by atoms with van der Waals surface area (Å²) in [4.78, 5) is 43.8. The first-order valence-corrected chi connectivity index (χ1v) is 24.4. The quantitative estimate of drug-likeness (QED) is 0.0982. The predicted octanol–water partition coefficient (Wildman–Crippen LogP) is 7.57. The monoisotopic (exact) mass is 855 g/mol. The van der Waals surface area contributed by atoms with E-state index in [9.17, 15) is 14.7 Å². The summed E-state index contributed by atoms with van der Waals surface area (Å²) in [5.41, 5.74) is -2.76. The van der Waals surface area contributed by atoms with Crippen molar-refractivity contribution in [1.82, 2.24) is 10.6 Å². The smallest absolute Gasteiger partial charge is 0.339 e. The lowest BCUT2D eigenvalue weighted by Crippen LogP contribution is -2.79. The molecule has 2 spiro atoms. The van der Waals surface area contributed by atoms with Crippen LogP contribution in [0.15, 0.2) is 47.1 Å². The summed E-state index contributed by atoms with van der Waals surface area (Å²) in [7, 11) is 0. The van der Waals surface area contributed by atoms with Crippen molar-refractivity contribution in [2.75, 3.05) is 19.8 Å². The first-order valence-electron chi connectivity index (χ1n) is 24.4. The van der Waals surface area contributed by atoms with E-state index in [0.29, 0.717) is 37.1 Å². The Morgan fingerprint density at radius 3 is 2.56 bits per heavy atom. The molecule has 1 aromatic heterocycles. The largest absolute Gasteiger partial charge is 0.469 e. The van der Waals surface area contributed by atoms with E-state index in [1.165, 1.54) is 12.0 Å². The second kappa shape index (κ2) is 16.1. The van der Waals surface area contributed by atoms with E-state index in [1.54, 1.807) is 6.26 Å². The third-order valence-corrected chi connectivity index (χ3v) is 18.0. The number of rotatable bonds is 14. The van der Waals surface area contributed by atoms with Crippen LogP contribution in [0.25, 0.3) is 0 Å². The van der Waals surface area contributed by atoms with E-state index in [1.807, 2.05) is 19.1 Å². The highest BCUT2D eigenvalue weighted by atomic mass is 16.7. The first-order chi connectivity index (χ1) is 29.9. The lowest BCUT2D eigenvalue weighted by atomic mass is 9.32. The number of esters is 2. The Balaban J connectivity index is 1.05. The number of aryl methyl sites for hydroxylation is 1. The van der Waals surface area contributed by atoms with Crippen LogP contribution in [0.1, 0.15) is 141 Å². The number of hydrogen-bond donors (Lipinski definition) is 3. The van der Waals surface area contributed by atoms with Gasteiger partial charge in [0.15, 0.2) is 11.9 Å². The Morgan fingerprint density at radius 1 is 0.952 bits per heavy atom. The number of carbonyl (C=O) groups excluding carboxylic acids is 3. The molecular weight excluding hydrogens is 785 g/mol. The number of furan rings is 1. The molecule has 1 aromatic carbocycles. The second-order valence-electron chi connectivity index (χ2n) is 21.8. The highest BCUT2D eigenvalue weighted by molar-refractivity contribution is 5.92. The summed E-state index contributed by atoms with van der Waals surface area (Å²) in [5, 5.41) is 20.4. The number of nitrogens with one attached hydrogen (secondary N) is 2. The van der Waals surface area contributed by atoms with Gasteiger partial charge in [-0.2, -0.15) is 0 Å². The van der Waals surface area contributed by atoms with Gasteiger partial charge in [0.2, 0.25) is 0 Å². The molecule has 0 amide bonds. The van der Waals surface area contributed by atoms with E-state index >= 15 is 4.79 Å². The minimum absolute atomic E-state index is 0.0642. The fourth-order valence-corrected chi connectivity index (χ4v) is 15.5. The molecule has 5 aliphatic heterocycles. The molecule has 10 rings (SSSR count). The number of epoxide rings is 1. The van der Waals surface area contributed by atoms with Crippen LogP contribution in [-0.2, 0) is 46.2 Å². The normalized spacial score (nSPS) is 43.3. The van der Waals surface area contributed by atoms with Gasteiger partial charge in [-0.05, 0) is 100 Å². The third kappa shape index (κ3) is 6.39. The van der Waals surface area contributed by atoms with Crippen LogP contribution in [0.4, 0.5) is 0 Å². The summed E-state index contributed by atoms with van der Waals surface area (Å²) in [5.74, 6) is -0.557. The predicted molar refractivity (Wildman–Crippen MR) is 230 cm³/mol. The van der Waals surface area contributed by atoms with Crippen molar-refractivity contribution in [3.05, 3.63) is 59.5 Å². The highest BCUT2D eigenvalue weighted by Crippen LogP contribution is 2.83. The standard InChI is InChI=1S/C51H70N2O9/c1-31(2)19-23-48(4)42-41(55)43(56)50(34-16-12-15-33(26-34)25-32-13-8-7-9-14-32)38(49(42)29-59-40(54)27-39(49)61-48)20-22-47(3)44(60-46(57)45-51(47,50)62-45)36-21-24-58-37(36)18-11-6-5-10-17-35-28-52-30-53-35/h7-9,13-14,21,24,31,33-35,38-39,42-45,52-53,56H,5-6,10-12,15-20,22-23,25-30H2,1-4H3/t33-,34+,35-,38-,39+,42-,43-,44+,45-,47+,48+,49+,50+,51-/m1/s1. The second-order valence-corrected chi connectivity index (χ2v) is 21.8. The van der Waals surface area contributed by atoms with Crippen LogP contribution in [-0.4, -0.2) is 78.2 Å². The first kappa shape index (κ1) is 42.8. The molecule has 3 N–H and O–H groups in total. The lowest BCUT2D eigenvalue weighted by molar-refractivity contribution is -0.276. The number of benzene rings is 1. The molecule has 62 heavy (non-hydrogen) atoms. The van der Waals surface area contributed by atoms with Crippen LogP contribution in [0.5, 0.6) is 0 Å². The molecule has 0 bridgehead atoms. The Labute approximate surface area is 367 Å². The molecule has 2 aromatic rings. The van der Waals surface area contributed by atoms with Crippen molar-refractivity contribution < 1.29 is 42.9 Å². The Bertz CT molecular complexity index is 2000. The van der Waals surface area contributed by atoms with E-state index in [-0.39, 0.29) is 36.6 Å². The number of hydrogen-bond acceptors (Lipinski definition) is 11. The summed E-state index contributed by atoms with van der Waals surface area (Å²) < 4.78 is 33.2. The molecule has 8 aliphatic rings. The number of aliphatic hydroxyl groups is 1. The molecule has 11 nitrogen and oxygen atoms in total. The van der Waals surface area contributed by atoms with E-state index in [0.717, 1.165) is 95.2 Å². The number of ketones is 1. The minimum atomic E-state index is -1.41. The van der Waals surface area contributed by atoms with Gasteiger partial charge < -0.3 is 39.1 Å². The molecule has 11 heteroatoms. The van der Waals surface area contributed by atoms with E-state index in [4.69, 9.17) is 23.4 Å². The number of unbranched alkanes of at least 4 members (excludes halogenated alkanes) is 3. The minimum Gasteiger partial charge on any atom is -0.469 e. The van der Waals surface area contributed by atoms with Crippen molar-refractivity contribution >= 4 is 17.7 Å². The molecule has 8 fully saturated rings. The van der Waals surface area contributed by atoms with Gasteiger partial charge >= 0.3 is 11.9 Å².